The number of hydrogen-bond donors (Lipinski definition) is 0. The molecule has 4 rings (SSSR count). The Kier molecular flexibility index (Phi) is 3.53. The largest absolute Gasteiger partial charge is 0.457 e. The van der Waals surface area contributed by atoms with Crippen molar-refractivity contribution in [2.24, 2.45) is 0 Å². The van der Waals surface area contributed by atoms with E-state index in [1.165, 1.54) is 4.90 Å². The van der Waals surface area contributed by atoms with Crippen LogP contribution in [0.15, 0.2) is 54.6 Å². The van der Waals surface area contributed by atoms with Gasteiger partial charge in [-0.05, 0) is 44.2 Å². The fourth-order valence-corrected chi connectivity index (χ4v) is 3.23. The number of carbonyl (C=O) groups is 2. The maximum absolute atomic E-state index is 12.6. The highest BCUT2D eigenvalue weighted by Gasteiger charge is 2.32. The van der Waals surface area contributed by atoms with Gasteiger partial charge in [-0.1, -0.05) is 29.8 Å². The van der Waals surface area contributed by atoms with E-state index in [1.54, 1.807) is 25.1 Å². The van der Waals surface area contributed by atoms with E-state index in [1.807, 2.05) is 43.3 Å². The molecule has 0 bridgehead atoms. The minimum Gasteiger partial charge on any atom is -0.457 e. The Morgan fingerprint density at radius 3 is 2.24 bits per heavy atom. The molecule has 1 aliphatic heterocycles. The molecule has 25 heavy (non-hydrogen) atoms. The van der Waals surface area contributed by atoms with Crippen molar-refractivity contribution in [3.05, 3.63) is 71.3 Å². The third kappa shape index (κ3) is 2.38. The van der Waals surface area contributed by atoms with Crippen LogP contribution in [0.25, 0.3) is 10.8 Å². The Bertz CT molecular complexity index is 983. The van der Waals surface area contributed by atoms with E-state index in [9.17, 15) is 9.59 Å². The van der Waals surface area contributed by atoms with Crippen LogP contribution in [0.2, 0.25) is 0 Å². The van der Waals surface area contributed by atoms with Gasteiger partial charge in [-0.25, -0.2) is 0 Å². The van der Waals surface area contributed by atoms with Crippen molar-refractivity contribution >= 4 is 22.6 Å². The standard InChI is InChI=1S/C21H17NO3/c1-3-22-20(23)16-6-4-5-15-18(12-11-17(19(15)16)21(22)24)25-14-9-7-13(2)8-10-14/h4-12H,3H2,1-2H3. The zero-order valence-electron chi connectivity index (χ0n) is 14.1. The summed E-state index contributed by atoms with van der Waals surface area (Å²) in [6.45, 7) is 4.17. The highest BCUT2D eigenvalue weighted by Crippen LogP contribution is 2.37. The van der Waals surface area contributed by atoms with E-state index >= 15 is 0 Å². The number of aryl methyl sites for hydroxylation is 1. The van der Waals surface area contributed by atoms with Gasteiger partial charge in [0.1, 0.15) is 11.5 Å². The molecule has 0 saturated carbocycles. The molecule has 0 radical (unpaired) electrons. The first-order chi connectivity index (χ1) is 12.1. The lowest BCUT2D eigenvalue weighted by molar-refractivity contribution is 0.0619. The topological polar surface area (TPSA) is 46.6 Å². The highest BCUT2D eigenvalue weighted by atomic mass is 16.5. The third-order valence-corrected chi connectivity index (χ3v) is 4.52. The van der Waals surface area contributed by atoms with Gasteiger partial charge in [0.2, 0.25) is 0 Å². The molecule has 3 aromatic rings. The Labute approximate surface area is 145 Å². The SMILES string of the molecule is CCN1C(=O)c2cccc3c(Oc4ccc(C)cc4)ccc(c23)C1=O. The van der Waals surface area contributed by atoms with Gasteiger partial charge in [0.05, 0.1) is 0 Å². The minimum atomic E-state index is -0.252. The van der Waals surface area contributed by atoms with Gasteiger partial charge in [0.15, 0.2) is 0 Å². The number of carbonyl (C=O) groups excluding carboxylic acids is 2. The number of imide groups is 1. The average Bonchev–Trinajstić information content (AvgIpc) is 2.63. The fraction of sp³-hybridized carbons (Fsp3) is 0.143. The van der Waals surface area contributed by atoms with Crippen LogP contribution in [0.1, 0.15) is 33.2 Å². The molecular formula is C21H17NO3. The lowest BCUT2D eigenvalue weighted by atomic mass is 9.93. The van der Waals surface area contributed by atoms with Gasteiger partial charge in [0, 0.05) is 28.4 Å². The van der Waals surface area contributed by atoms with Crippen LogP contribution >= 0.6 is 0 Å². The molecule has 0 saturated heterocycles. The van der Waals surface area contributed by atoms with Gasteiger partial charge in [-0.15, -0.1) is 0 Å². The molecule has 0 fully saturated rings. The van der Waals surface area contributed by atoms with Crippen molar-refractivity contribution in [2.45, 2.75) is 13.8 Å². The number of rotatable bonds is 3. The number of ether oxygens (including phenoxy) is 1. The van der Waals surface area contributed by atoms with Crippen molar-refractivity contribution in [1.82, 2.24) is 4.90 Å². The summed E-state index contributed by atoms with van der Waals surface area (Å²) in [5, 5.41) is 1.44. The minimum absolute atomic E-state index is 0.252. The predicted octanol–water partition coefficient (Wildman–Crippen LogP) is 4.56. The van der Waals surface area contributed by atoms with Gasteiger partial charge < -0.3 is 4.74 Å². The Morgan fingerprint density at radius 1 is 0.880 bits per heavy atom. The molecule has 0 N–H and O–H groups in total. The summed E-state index contributed by atoms with van der Waals surface area (Å²) in [7, 11) is 0. The van der Waals surface area contributed by atoms with E-state index < -0.39 is 0 Å². The molecule has 0 aliphatic carbocycles. The van der Waals surface area contributed by atoms with Crippen LogP contribution in [0.3, 0.4) is 0 Å². The molecule has 4 heteroatoms. The zero-order chi connectivity index (χ0) is 17.6. The van der Waals surface area contributed by atoms with Gasteiger partial charge in [-0.3, -0.25) is 14.5 Å². The van der Waals surface area contributed by atoms with Crippen LogP contribution in [0.4, 0.5) is 0 Å². The normalized spacial score (nSPS) is 13.4. The first kappa shape index (κ1) is 15.4. The second kappa shape index (κ2) is 5.74. The molecule has 0 atom stereocenters. The monoisotopic (exact) mass is 331 g/mol. The van der Waals surface area contributed by atoms with Crippen LogP contribution in [-0.4, -0.2) is 23.3 Å². The number of benzene rings is 3. The van der Waals surface area contributed by atoms with Crippen molar-refractivity contribution in [3.63, 3.8) is 0 Å². The first-order valence-corrected chi connectivity index (χ1v) is 8.26. The molecule has 124 valence electrons. The van der Waals surface area contributed by atoms with E-state index in [0.717, 1.165) is 16.7 Å². The molecular weight excluding hydrogens is 314 g/mol. The third-order valence-electron chi connectivity index (χ3n) is 4.52. The maximum Gasteiger partial charge on any atom is 0.261 e. The van der Waals surface area contributed by atoms with Crippen molar-refractivity contribution in [1.29, 1.82) is 0 Å². The molecule has 1 heterocycles. The van der Waals surface area contributed by atoms with Gasteiger partial charge >= 0.3 is 0 Å². The lowest BCUT2D eigenvalue weighted by Crippen LogP contribution is -2.40. The van der Waals surface area contributed by atoms with E-state index in [0.29, 0.717) is 28.8 Å². The number of nitrogens with zero attached hydrogens (tertiary/aromatic N) is 1. The van der Waals surface area contributed by atoms with Crippen molar-refractivity contribution in [2.75, 3.05) is 6.54 Å². The average molecular weight is 331 g/mol. The summed E-state index contributed by atoms with van der Waals surface area (Å²) in [5.74, 6) is 0.848. The van der Waals surface area contributed by atoms with Crippen LogP contribution < -0.4 is 4.74 Å². The molecule has 1 aliphatic rings. The summed E-state index contributed by atoms with van der Waals surface area (Å²) >= 11 is 0. The Balaban J connectivity index is 1.89. The summed E-state index contributed by atoms with van der Waals surface area (Å²) in [6.07, 6.45) is 0. The zero-order valence-corrected chi connectivity index (χ0v) is 14.1. The quantitative estimate of drug-likeness (QED) is 0.661. The smallest absolute Gasteiger partial charge is 0.261 e. The van der Waals surface area contributed by atoms with Gasteiger partial charge in [0.25, 0.3) is 11.8 Å². The van der Waals surface area contributed by atoms with E-state index in [2.05, 4.69) is 0 Å². The molecule has 0 aromatic heterocycles. The van der Waals surface area contributed by atoms with E-state index in [-0.39, 0.29) is 11.8 Å². The maximum atomic E-state index is 12.6. The lowest BCUT2D eigenvalue weighted by Gasteiger charge is -2.26. The summed E-state index contributed by atoms with van der Waals surface area (Å²) in [4.78, 5) is 26.5. The van der Waals surface area contributed by atoms with Gasteiger partial charge in [-0.2, -0.15) is 0 Å². The second-order valence-electron chi connectivity index (χ2n) is 6.11. The summed E-state index contributed by atoms with van der Waals surface area (Å²) < 4.78 is 6.01. The molecule has 0 spiro atoms. The Morgan fingerprint density at radius 2 is 1.56 bits per heavy atom. The molecule has 2 amide bonds. The molecule has 4 nitrogen and oxygen atoms in total. The van der Waals surface area contributed by atoms with Crippen molar-refractivity contribution < 1.29 is 14.3 Å². The molecule has 0 unspecified atom stereocenters. The second-order valence-corrected chi connectivity index (χ2v) is 6.11. The number of hydrogen-bond acceptors (Lipinski definition) is 3. The van der Waals surface area contributed by atoms with Crippen molar-refractivity contribution in [3.8, 4) is 11.5 Å². The predicted molar refractivity (Wildman–Crippen MR) is 96.2 cm³/mol. The Hall–Kier alpha value is -3.14. The van der Waals surface area contributed by atoms with Crippen LogP contribution in [0, 0.1) is 6.92 Å². The number of amides is 2. The highest BCUT2D eigenvalue weighted by molar-refractivity contribution is 6.26. The summed E-state index contributed by atoms with van der Waals surface area (Å²) in [6, 6.07) is 16.8. The summed E-state index contributed by atoms with van der Waals surface area (Å²) in [5.41, 5.74) is 2.24. The van der Waals surface area contributed by atoms with Crippen LogP contribution in [0.5, 0.6) is 11.5 Å². The first-order valence-electron chi connectivity index (χ1n) is 8.26. The van der Waals surface area contributed by atoms with E-state index in [4.69, 9.17) is 4.74 Å². The molecule has 3 aromatic carbocycles. The van der Waals surface area contributed by atoms with Crippen LogP contribution in [-0.2, 0) is 0 Å². The fourth-order valence-electron chi connectivity index (χ4n) is 3.23.